The fourth-order valence-electron chi connectivity index (χ4n) is 4.76. The van der Waals surface area contributed by atoms with Crippen LogP contribution >= 0.6 is 0 Å². The normalized spacial score (nSPS) is 20.8. The smallest absolute Gasteiger partial charge is 0.255 e. The van der Waals surface area contributed by atoms with Gasteiger partial charge >= 0.3 is 0 Å². The summed E-state index contributed by atoms with van der Waals surface area (Å²) in [6, 6.07) is 13.6. The van der Waals surface area contributed by atoms with Gasteiger partial charge in [0.05, 0.1) is 13.2 Å². The summed E-state index contributed by atoms with van der Waals surface area (Å²) in [7, 11) is 1.66. The van der Waals surface area contributed by atoms with Crippen LogP contribution in [0.3, 0.4) is 0 Å². The second-order valence-electron chi connectivity index (χ2n) is 8.92. The first-order valence-electron chi connectivity index (χ1n) is 11.6. The van der Waals surface area contributed by atoms with E-state index in [0.29, 0.717) is 18.7 Å². The number of methoxy groups -OCH3 is 1. The van der Waals surface area contributed by atoms with Crippen molar-refractivity contribution in [1.29, 1.82) is 0 Å². The van der Waals surface area contributed by atoms with Crippen molar-refractivity contribution >= 4 is 11.8 Å². The highest BCUT2D eigenvalue weighted by molar-refractivity contribution is 5.80. The van der Waals surface area contributed by atoms with Gasteiger partial charge < -0.3 is 25.3 Å². The minimum Gasteiger partial charge on any atom is -0.493 e. The fraction of sp³-hybridized carbons (Fsp3) is 0.462. The van der Waals surface area contributed by atoms with Gasteiger partial charge in [0.2, 0.25) is 5.91 Å². The van der Waals surface area contributed by atoms with E-state index >= 15 is 0 Å². The predicted octanol–water partition coefficient (Wildman–Crippen LogP) is 3.34. The topological polar surface area (TPSA) is 99.9 Å². The first-order chi connectivity index (χ1) is 16.0. The van der Waals surface area contributed by atoms with Crippen LogP contribution in [0.25, 0.3) is 0 Å². The average molecular weight is 453 g/mol. The second-order valence-corrected chi connectivity index (χ2v) is 8.92. The lowest BCUT2D eigenvalue weighted by molar-refractivity contribution is -0.127. The van der Waals surface area contributed by atoms with Gasteiger partial charge in [-0.25, -0.2) is 0 Å². The van der Waals surface area contributed by atoms with Crippen LogP contribution in [0, 0.1) is 5.92 Å². The number of piperidine rings is 1. The first-order valence-corrected chi connectivity index (χ1v) is 11.6. The summed E-state index contributed by atoms with van der Waals surface area (Å²) in [5, 5.41) is 3.07. The van der Waals surface area contributed by atoms with Crippen molar-refractivity contribution in [3.63, 3.8) is 0 Å². The molecule has 1 heterocycles. The number of nitrogens with two attached hydrogens (primary N) is 1. The van der Waals surface area contributed by atoms with Crippen molar-refractivity contribution in [2.75, 3.05) is 20.3 Å². The third-order valence-electron chi connectivity index (χ3n) is 6.48. The Kier molecular flexibility index (Phi) is 7.37. The molecule has 2 aliphatic rings. The fourth-order valence-corrected chi connectivity index (χ4v) is 4.76. The molecule has 0 radical (unpaired) electrons. The van der Waals surface area contributed by atoms with E-state index in [1.165, 1.54) is 12.8 Å². The van der Waals surface area contributed by atoms with Crippen LogP contribution in [0.4, 0.5) is 0 Å². The summed E-state index contributed by atoms with van der Waals surface area (Å²) in [5.41, 5.74) is 7.29. The van der Waals surface area contributed by atoms with Crippen LogP contribution < -0.4 is 25.3 Å². The van der Waals surface area contributed by atoms with Gasteiger partial charge in [0.25, 0.3) is 5.91 Å². The van der Waals surface area contributed by atoms with Crippen molar-refractivity contribution in [2.24, 2.45) is 11.7 Å². The Bertz CT molecular complexity index is 986. The number of primary amides is 1. The SMILES string of the molecule is COc1ccc([C@H]2CNC(=O)[C@@H](Cc3cccc(OCC(N)=O)c3)C2)cc1OC1CCCC1. The molecule has 7 nitrogen and oxygen atoms in total. The number of amides is 2. The van der Waals surface area contributed by atoms with Crippen molar-refractivity contribution in [3.05, 3.63) is 53.6 Å². The lowest BCUT2D eigenvalue weighted by Crippen LogP contribution is -2.41. The van der Waals surface area contributed by atoms with Gasteiger partial charge in [0.1, 0.15) is 5.75 Å². The zero-order valence-electron chi connectivity index (χ0n) is 19.0. The summed E-state index contributed by atoms with van der Waals surface area (Å²) < 4.78 is 17.2. The van der Waals surface area contributed by atoms with E-state index in [1.807, 2.05) is 24.3 Å². The number of carbonyl (C=O) groups excluding carboxylic acids is 2. The molecule has 2 atom stereocenters. The van der Waals surface area contributed by atoms with Crippen molar-refractivity contribution in [3.8, 4) is 17.2 Å². The number of carbonyl (C=O) groups is 2. The van der Waals surface area contributed by atoms with E-state index in [-0.39, 0.29) is 30.5 Å². The van der Waals surface area contributed by atoms with Gasteiger partial charge in [-0.2, -0.15) is 0 Å². The molecule has 2 aromatic carbocycles. The molecule has 176 valence electrons. The molecule has 1 aliphatic carbocycles. The molecule has 2 aromatic rings. The highest BCUT2D eigenvalue weighted by Crippen LogP contribution is 2.37. The summed E-state index contributed by atoms with van der Waals surface area (Å²) in [6.07, 6.45) is 6.16. The quantitative estimate of drug-likeness (QED) is 0.608. The third-order valence-corrected chi connectivity index (χ3v) is 6.48. The highest BCUT2D eigenvalue weighted by Gasteiger charge is 2.30. The minimum atomic E-state index is -0.523. The first kappa shape index (κ1) is 23.0. The van der Waals surface area contributed by atoms with Crippen molar-refractivity contribution in [1.82, 2.24) is 5.32 Å². The summed E-state index contributed by atoms with van der Waals surface area (Å²) in [5.74, 6) is 1.68. The number of benzene rings is 2. The Morgan fingerprint density at radius 3 is 2.70 bits per heavy atom. The van der Waals surface area contributed by atoms with Crippen LogP contribution in [0.2, 0.25) is 0 Å². The van der Waals surface area contributed by atoms with Gasteiger partial charge in [-0.3, -0.25) is 9.59 Å². The molecular formula is C26H32N2O5. The molecule has 7 heteroatoms. The van der Waals surface area contributed by atoms with E-state index in [4.69, 9.17) is 19.9 Å². The van der Waals surface area contributed by atoms with Crippen molar-refractivity contribution < 1.29 is 23.8 Å². The lowest BCUT2D eigenvalue weighted by atomic mass is 9.82. The number of hydrogen-bond acceptors (Lipinski definition) is 5. The summed E-state index contributed by atoms with van der Waals surface area (Å²) >= 11 is 0. The molecule has 2 fully saturated rings. The Morgan fingerprint density at radius 1 is 1.12 bits per heavy atom. The van der Waals surface area contributed by atoms with Gasteiger partial charge in [-0.1, -0.05) is 18.2 Å². The third kappa shape index (κ3) is 5.97. The van der Waals surface area contributed by atoms with Gasteiger partial charge in [0, 0.05) is 18.4 Å². The maximum atomic E-state index is 12.6. The van der Waals surface area contributed by atoms with Crippen LogP contribution in [0.15, 0.2) is 42.5 Å². The molecule has 0 aromatic heterocycles. The summed E-state index contributed by atoms with van der Waals surface area (Å²) in [6.45, 7) is 0.435. The molecular weight excluding hydrogens is 420 g/mol. The molecule has 0 bridgehead atoms. The van der Waals surface area contributed by atoms with Gasteiger partial charge in [-0.05, 0) is 73.9 Å². The summed E-state index contributed by atoms with van der Waals surface area (Å²) in [4.78, 5) is 23.6. The molecule has 2 amide bonds. The van der Waals surface area contributed by atoms with E-state index in [1.54, 1.807) is 13.2 Å². The Morgan fingerprint density at radius 2 is 1.94 bits per heavy atom. The van der Waals surface area contributed by atoms with E-state index in [2.05, 4.69) is 17.4 Å². The highest BCUT2D eigenvalue weighted by atomic mass is 16.5. The van der Waals surface area contributed by atoms with Crippen LogP contribution in [-0.4, -0.2) is 38.2 Å². The Hall–Kier alpha value is -3.22. The zero-order valence-corrected chi connectivity index (χ0v) is 19.0. The predicted molar refractivity (Wildman–Crippen MR) is 125 cm³/mol. The molecule has 0 spiro atoms. The van der Waals surface area contributed by atoms with Crippen molar-refractivity contribution in [2.45, 2.75) is 50.5 Å². The molecule has 3 N–H and O–H groups in total. The van der Waals surface area contributed by atoms with E-state index in [9.17, 15) is 9.59 Å². The number of rotatable bonds is 9. The molecule has 33 heavy (non-hydrogen) atoms. The molecule has 1 saturated heterocycles. The standard InChI is InChI=1S/C26H32N2O5/c1-31-23-10-9-18(14-24(23)33-21-6-2-3-7-21)20-13-19(26(30)28-15-20)11-17-5-4-8-22(12-17)32-16-25(27)29/h4-5,8-10,12,14,19-21H,2-3,6-7,11,13,15-16H2,1H3,(H2,27,29)(H,28,30)/t19-,20+/m0/s1. The Labute approximate surface area is 194 Å². The van der Waals surface area contributed by atoms with Crippen LogP contribution in [0.1, 0.15) is 49.1 Å². The average Bonchev–Trinajstić information content (AvgIpc) is 3.32. The number of ether oxygens (including phenoxy) is 3. The van der Waals surface area contributed by atoms with E-state index in [0.717, 1.165) is 41.9 Å². The van der Waals surface area contributed by atoms with E-state index < -0.39 is 5.91 Å². The minimum absolute atomic E-state index is 0.0608. The molecule has 0 unspecified atom stereocenters. The monoisotopic (exact) mass is 452 g/mol. The Balaban J connectivity index is 1.45. The van der Waals surface area contributed by atoms with Crippen LogP contribution in [0.5, 0.6) is 17.2 Å². The zero-order chi connectivity index (χ0) is 23.2. The van der Waals surface area contributed by atoms with Gasteiger partial charge in [-0.15, -0.1) is 0 Å². The molecule has 1 saturated carbocycles. The maximum absolute atomic E-state index is 12.6. The van der Waals surface area contributed by atoms with Crippen LogP contribution in [-0.2, 0) is 16.0 Å². The second kappa shape index (κ2) is 10.6. The van der Waals surface area contributed by atoms with Gasteiger partial charge in [0.15, 0.2) is 18.1 Å². The molecule has 4 rings (SSSR count). The maximum Gasteiger partial charge on any atom is 0.255 e. The number of hydrogen-bond donors (Lipinski definition) is 2. The molecule has 1 aliphatic heterocycles. The number of nitrogens with one attached hydrogen (secondary N) is 1. The lowest BCUT2D eigenvalue weighted by Gasteiger charge is -2.30. The largest absolute Gasteiger partial charge is 0.493 e.